The molecule has 2 aromatic carbocycles. The zero-order chi connectivity index (χ0) is 20.5. The van der Waals surface area contributed by atoms with E-state index in [2.05, 4.69) is 63.4 Å². The summed E-state index contributed by atoms with van der Waals surface area (Å²) in [6.07, 6.45) is 5.47. The van der Waals surface area contributed by atoms with E-state index in [1.807, 2.05) is 12.1 Å². The van der Waals surface area contributed by atoms with Gasteiger partial charge in [-0.15, -0.1) is 0 Å². The molecule has 0 aromatic heterocycles. The van der Waals surface area contributed by atoms with Crippen LogP contribution in [-0.2, 0) is 12.8 Å². The molecule has 2 rings (SSSR count). The molecule has 3 nitrogen and oxygen atoms in total. The van der Waals surface area contributed by atoms with Gasteiger partial charge in [0.05, 0.1) is 0 Å². The second-order valence-electron chi connectivity index (χ2n) is 7.66. The number of hydrogen-bond donors (Lipinski definition) is 0. The zero-order valence-electron chi connectivity index (χ0n) is 17.7. The molecule has 28 heavy (non-hydrogen) atoms. The molecule has 0 atom stereocenters. The molecule has 150 valence electrons. The van der Waals surface area contributed by atoms with Gasteiger partial charge in [-0.05, 0) is 82.3 Å². The monoisotopic (exact) mass is 379 g/mol. The van der Waals surface area contributed by atoms with Gasteiger partial charge in [-0.3, -0.25) is 4.79 Å². The highest BCUT2D eigenvalue weighted by molar-refractivity contribution is 5.75. The number of benzene rings is 2. The molecular weight excluding hydrogens is 346 g/mol. The van der Waals surface area contributed by atoms with Gasteiger partial charge in [0, 0.05) is 23.3 Å². The first-order chi connectivity index (χ1) is 13.5. The third-order valence-corrected chi connectivity index (χ3v) is 4.85. The van der Waals surface area contributed by atoms with Gasteiger partial charge in [0.25, 0.3) is 0 Å². The molecular formula is C25H33NO2. The molecule has 0 aliphatic rings. The maximum absolute atomic E-state index is 11.2. The summed E-state index contributed by atoms with van der Waals surface area (Å²) in [5, 5.41) is 0. The molecule has 0 bridgehead atoms. The van der Waals surface area contributed by atoms with Crippen molar-refractivity contribution in [1.29, 1.82) is 0 Å². The second kappa shape index (κ2) is 10.7. The Kier molecular flexibility index (Phi) is 8.31. The van der Waals surface area contributed by atoms with Crippen molar-refractivity contribution < 1.29 is 9.53 Å². The molecule has 0 aliphatic heterocycles. The molecule has 0 fully saturated rings. The predicted molar refractivity (Wildman–Crippen MR) is 119 cm³/mol. The van der Waals surface area contributed by atoms with E-state index in [0.29, 0.717) is 24.3 Å². The number of para-hydroxylation sites is 1. The Morgan fingerprint density at radius 1 is 1.00 bits per heavy atom. The minimum Gasteiger partial charge on any atom is -0.489 e. The fraction of sp³-hybridized carbons (Fsp3) is 0.400. The lowest BCUT2D eigenvalue weighted by molar-refractivity contribution is 0.112. The Bertz CT molecular complexity index is 772. The van der Waals surface area contributed by atoms with Crippen LogP contribution in [0, 0.1) is 0 Å². The summed E-state index contributed by atoms with van der Waals surface area (Å²) in [7, 11) is 0. The summed E-state index contributed by atoms with van der Waals surface area (Å²) in [5.74, 6) is 0.838. The summed E-state index contributed by atoms with van der Waals surface area (Å²) in [4.78, 5) is 13.6. The van der Waals surface area contributed by atoms with Crippen molar-refractivity contribution in [3.05, 3.63) is 71.8 Å². The fourth-order valence-electron chi connectivity index (χ4n) is 3.75. The van der Waals surface area contributed by atoms with Gasteiger partial charge in [0.15, 0.2) is 0 Å². The van der Waals surface area contributed by atoms with Crippen molar-refractivity contribution in [2.24, 2.45) is 0 Å². The van der Waals surface area contributed by atoms with Crippen molar-refractivity contribution in [2.75, 3.05) is 11.5 Å². The predicted octanol–water partition coefficient (Wildman–Crippen LogP) is 5.86. The largest absolute Gasteiger partial charge is 0.489 e. The summed E-state index contributed by atoms with van der Waals surface area (Å²) in [6.45, 7) is 13.1. The molecule has 0 radical (unpaired) electrons. The number of carbonyl (C=O) groups is 1. The number of nitrogens with zero attached hydrogens (tertiary/aromatic N) is 1. The lowest BCUT2D eigenvalue weighted by atomic mass is 9.99. The maximum Gasteiger partial charge on any atom is 0.150 e. The Morgan fingerprint density at radius 2 is 1.68 bits per heavy atom. The number of aldehydes is 1. The molecule has 2 aromatic rings. The maximum atomic E-state index is 11.2. The van der Waals surface area contributed by atoms with Crippen molar-refractivity contribution >= 4 is 12.0 Å². The normalized spacial score (nSPS) is 10.9. The molecule has 0 aliphatic carbocycles. The fourth-order valence-corrected chi connectivity index (χ4v) is 3.75. The Balaban J connectivity index is 2.16. The SMILES string of the molecule is C=CCOc1ccc(C=O)cc1CCCc1ccccc1N(C(C)C)C(C)C. The van der Waals surface area contributed by atoms with Crippen LogP contribution in [0.5, 0.6) is 5.75 Å². The van der Waals surface area contributed by atoms with Crippen LogP contribution in [0.3, 0.4) is 0 Å². The topological polar surface area (TPSA) is 29.5 Å². The highest BCUT2D eigenvalue weighted by Gasteiger charge is 2.17. The molecule has 0 saturated heterocycles. The third-order valence-electron chi connectivity index (χ3n) is 4.85. The number of ether oxygens (including phenoxy) is 1. The highest BCUT2D eigenvalue weighted by Crippen LogP contribution is 2.27. The minimum atomic E-state index is 0.448. The minimum absolute atomic E-state index is 0.448. The van der Waals surface area contributed by atoms with Crippen molar-refractivity contribution in [3.63, 3.8) is 0 Å². The number of carbonyl (C=O) groups excluding carboxylic acids is 1. The van der Waals surface area contributed by atoms with Gasteiger partial charge in [0.2, 0.25) is 0 Å². The zero-order valence-corrected chi connectivity index (χ0v) is 17.7. The first-order valence-electron chi connectivity index (χ1n) is 10.2. The van der Waals surface area contributed by atoms with Crippen LogP contribution in [0.1, 0.15) is 55.6 Å². The first-order valence-corrected chi connectivity index (χ1v) is 10.2. The van der Waals surface area contributed by atoms with E-state index < -0.39 is 0 Å². The Morgan fingerprint density at radius 3 is 2.32 bits per heavy atom. The first kappa shape index (κ1) is 21.7. The number of aryl methyl sites for hydroxylation is 2. The summed E-state index contributed by atoms with van der Waals surface area (Å²) < 4.78 is 5.77. The third kappa shape index (κ3) is 5.72. The Labute approximate surface area is 170 Å². The lowest BCUT2D eigenvalue weighted by Gasteiger charge is -2.34. The van der Waals surface area contributed by atoms with Gasteiger partial charge in [0.1, 0.15) is 18.6 Å². The molecule has 3 heteroatoms. The molecule has 0 amide bonds. The highest BCUT2D eigenvalue weighted by atomic mass is 16.5. The van der Waals surface area contributed by atoms with Crippen LogP contribution in [0.15, 0.2) is 55.1 Å². The van der Waals surface area contributed by atoms with Crippen LogP contribution in [0.25, 0.3) is 0 Å². The average molecular weight is 380 g/mol. The quantitative estimate of drug-likeness (QED) is 0.362. The van der Waals surface area contributed by atoms with E-state index >= 15 is 0 Å². The number of anilines is 1. The van der Waals surface area contributed by atoms with Crippen molar-refractivity contribution in [3.8, 4) is 5.75 Å². The number of rotatable bonds is 11. The molecule has 0 saturated carbocycles. The van der Waals surface area contributed by atoms with Gasteiger partial charge < -0.3 is 9.64 Å². The summed E-state index contributed by atoms with van der Waals surface area (Å²) >= 11 is 0. The lowest BCUT2D eigenvalue weighted by Crippen LogP contribution is -2.37. The number of hydrogen-bond acceptors (Lipinski definition) is 3. The van der Waals surface area contributed by atoms with Crippen molar-refractivity contribution in [1.82, 2.24) is 0 Å². The van der Waals surface area contributed by atoms with E-state index in [1.54, 1.807) is 12.1 Å². The van der Waals surface area contributed by atoms with Gasteiger partial charge in [-0.2, -0.15) is 0 Å². The van der Waals surface area contributed by atoms with Crippen LogP contribution < -0.4 is 9.64 Å². The molecule has 0 unspecified atom stereocenters. The molecule has 0 spiro atoms. The molecule has 0 N–H and O–H groups in total. The van der Waals surface area contributed by atoms with Crippen LogP contribution >= 0.6 is 0 Å². The van der Waals surface area contributed by atoms with Crippen LogP contribution in [0.2, 0.25) is 0 Å². The van der Waals surface area contributed by atoms with Gasteiger partial charge in [-0.1, -0.05) is 30.9 Å². The van der Waals surface area contributed by atoms with E-state index in [4.69, 9.17) is 4.74 Å². The average Bonchev–Trinajstić information content (AvgIpc) is 2.67. The summed E-state index contributed by atoms with van der Waals surface area (Å²) in [5.41, 5.74) is 4.45. The van der Waals surface area contributed by atoms with E-state index in [-0.39, 0.29) is 0 Å². The smallest absolute Gasteiger partial charge is 0.150 e. The standard InChI is InChI=1S/C25H33NO2/c1-6-16-28-25-15-14-21(18-27)17-23(25)12-9-11-22-10-7-8-13-24(22)26(19(2)3)20(4)5/h6-8,10,13-15,17-20H,1,9,11-12,16H2,2-5H3. The van der Waals surface area contributed by atoms with Gasteiger partial charge in [-0.25, -0.2) is 0 Å². The van der Waals surface area contributed by atoms with E-state index in [9.17, 15) is 4.79 Å². The Hall–Kier alpha value is -2.55. The molecule has 0 heterocycles. The second-order valence-corrected chi connectivity index (χ2v) is 7.66. The van der Waals surface area contributed by atoms with E-state index in [1.165, 1.54) is 11.3 Å². The van der Waals surface area contributed by atoms with Crippen LogP contribution in [-0.4, -0.2) is 25.0 Å². The summed E-state index contributed by atoms with van der Waals surface area (Å²) in [6, 6.07) is 15.2. The van der Waals surface area contributed by atoms with Crippen molar-refractivity contribution in [2.45, 2.75) is 59.0 Å². The van der Waals surface area contributed by atoms with E-state index in [0.717, 1.165) is 36.9 Å². The van der Waals surface area contributed by atoms with Gasteiger partial charge >= 0.3 is 0 Å². The van der Waals surface area contributed by atoms with Crippen LogP contribution in [0.4, 0.5) is 5.69 Å².